The molecular formula is C18H20N4O. The number of methoxy groups -OCH3 is 1. The van der Waals surface area contributed by atoms with Crippen molar-refractivity contribution in [3.63, 3.8) is 0 Å². The van der Waals surface area contributed by atoms with Crippen molar-refractivity contribution in [2.75, 3.05) is 13.7 Å². The second-order valence-electron chi connectivity index (χ2n) is 5.48. The van der Waals surface area contributed by atoms with Gasteiger partial charge in [-0.1, -0.05) is 29.8 Å². The summed E-state index contributed by atoms with van der Waals surface area (Å²) in [6.45, 7) is 3.41. The molecule has 0 bridgehead atoms. The molecule has 0 saturated heterocycles. The molecule has 2 aromatic heterocycles. The van der Waals surface area contributed by atoms with Crippen LogP contribution in [0.5, 0.6) is 0 Å². The van der Waals surface area contributed by atoms with E-state index in [9.17, 15) is 0 Å². The molecule has 0 N–H and O–H groups in total. The van der Waals surface area contributed by atoms with Crippen LogP contribution in [0.25, 0.3) is 11.4 Å². The Morgan fingerprint density at radius 2 is 1.96 bits per heavy atom. The number of hydrogen-bond acceptors (Lipinski definition) is 4. The number of benzene rings is 1. The molecule has 3 aromatic rings. The van der Waals surface area contributed by atoms with Crippen molar-refractivity contribution in [3.05, 3.63) is 65.7 Å². The zero-order chi connectivity index (χ0) is 16.1. The maximum Gasteiger partial charge on any atom is 0.182 e. The van der Waals surface area contributed by atoms with Crippen molar-refractivity contribution in [1.82, 2.24) is 19.7 Å². The summed E-state index contributed by atoms with van der Waals surface area (Å²) in [6.07, 6.45) is 4.26. The van der Waals surface area contributed by atoms with Crippen LogP contribution in [0.2, 0.25) is 0 Å². The van der Waals surface area contributed by atoms with E-state index in [-0.39, 0.29) is 0 Å². The fraction of sp³-hybridized carbons (Fsp3) is 0.278. The van der Waals surface area contributed by atoms with E-state index >= 15 is 0 Å². The Bertz CT molecular complexity index is 750. The highest BCUT2D eigenvalue weighted by molar-refractivity contribution is 5.52. The van der Waals surface area contributed by atoms with Gasteiger partial charge in [0.1, 0.15) is 5.82 Å². The fourth-order valence-electron chi connectivity index (χ4n) is 2.36. The molecule has 1 aromatic carbocycles. The first-order valence-electron chi connectivity index (χ1n) is 7.65. The summed E-state index contributed by atoms with van der Waals surface area (Å²) in [4.78, 5) is 8.81. The molecular weight excluding hydrogens is 288 g/mol. The van der Waals surface area contributed by atoms with Crippen LogP contribution in [0.1, 0.15) is 17.0 Å². The number of ether oxygens (including phenoxy) is 1. The lowest BCUT2D eigenvalue weighted by Gasteiger charge is -2.06. The van der Waals surface area contributed by atoms with Crippen molar-refractivity contribution in [2.24, 2.45) is 0 Å². The summed E-state index contributed by atoms with van der Waals surface area (Å²) in [5.74, 6) is 1.63. The van der Waals surface area contributed by atoms with Crippen molar-refractivity contribution >= 4 is 0 Å². The minimum absolute atomic E-state index is 0.624. The lowest BCUT2D eigenvalue weighted by Crippen LogP contribution is -2.09. The number of rotatable bonds is 6. The quantitative estimate of drug-likeness (QED) is 0.702. The van der Waals surface area contributed by atoms with Gasteiger partial charge in [-0.25, -0.2) is 9.67 Å². The molecule has 0 spiro atoms. The molecule has 0 atom stereocenters. The standard InChI is InChI=1S/C18H20N4O/c1-14-5-7-15(8-6-14)13-22-17(9-11-23-2)20-18(21-22)16-4-3-10-19-12-16/h3-8,10,12H,9,11,13H2,1-2H3. The van der Waals surface area contributed by atoms with E-state index in [1.807, 2.05) is 16.8 Å². The first kappa shape index (κ1) is 15.4. The molecule has 0 amide bonds. The second kappa shape index (κ2) is 7.15. The molecule has 0 aliphatic carbocycles. The Hall–Kier alpha value is -2.53. The van der Waals surface area contributed by atoms with E-state index in [4.69, 9.17) is 4.74 Å². The van der Waals surface area contributed by atoms with Gasteiger partial charge in [-0.3, -0.25) is 4.98 Å². The molecule has 0 aliphatic heterocycles. The van der Waals surface area contributed by atoms with Gasteiger partial charge in [-0.05, 0) is 24.6 Å². The molecule has 5 heteroatoms. The number of aromatic nitrogens is 4. The second-order valence-corrected chi connectivity index (χ2v) is 5.48. The van der Waals surface area contributed by atoms with Crippen molar-refractivity contribution in [1.29, 1.82) is 0 Å². The van der Waals surface area contributed by atoms with E-state index in [2.05, 4.69) is 46.3 Å². The number of hydrogen-bond donors (Lipinski definition) is 0. The lowest BCUT2D eigenvalue weighted by atomic mass is 10.1. The van der Waals surface area contributed by atoms with Gasteiger partial charge in [0.05, 0.1) is 13.2 Å². The summed E-state index contributed by atoms with van der Waals surface area (Å²) < 4.78 is 7.14. The molecule has 3 rings (SSSR count). The zero-order valence-electron chi connectivity index (χ0n) is 13.4. The highest BCUT2D eigenvalue weighted by atomic mass is 16.5. The van der Waals surface area contributed by atoms with Gasteiger partial charge in [0, 0.05) is 31.5 Å². The third-order valence-electron chi connectivity index (χ3n) is 3.65. The summed E-state index contributed by atoms with van der Waals surface area (Å²) in [6, 6.07) is 12.3. The molecule has 0 radical (unpaired) electrons. The van der Waals surface area contributed by atoms with Crippen LogP contribution < -0.4 is 0 Å². The molecule has 0 unspecified atom stereocenters. The van der Waals surface area contributed by atoms with Gasteiger partial charge >= 0.3 is 0 Å². The summed E-state index contributed by atoms with van der Waals surface area (Å²) in [5, 5.41) is 4.66. The Morgan fingerprint density at radius 1 is 1.13 bits per heavy atom. The predicted molar refractivity (Wildman–Crippen MR) is 89.1 cm³/mol. The summed E-state index contributed by atoms with van der Waals surface area (Å²) >= 11 is 0. The summed E-state index contributed by atoms with van der Waals surface area (Å²) in [5.41, 5.74) is 3.38. The molecule has 118 valence electrons. The third kappa shape index (κ3) is 3.81. The van der Waals surface area contributed by atoms with E-state index in [0.29, 0.717) is 19.0 Å². The average Bonchev–Trinajstić information content (AvgIpc) is 2.99. The minimum Gasteiger partial charge on any atom is -0.384 e. The van der Waals surface area contributed by atoms with Crippen LogP contribution >= 0.6 is 0 Å². The Labute approximate surface area is 136 Å². The van der Waals surface area contributed by atoms with E-state index in [0.717, 1.165) is 17.8 Å². The number of nitrogens with zero attached hydrogens (tertiary/aromatic N) is 4. The Balaban J connectivity index is 1.90. The maximum absolute atomic E-state index is 5.19. The van der Waals surface area contributed by atoms with Gasteiger partial charge in [0.15, 0.2) is 5.82 Å². The molecule has 0 fully saturated rings. The SMILES string of the molecule is COCCc1nc(-c2cccnc2)nn1Cc1ccc(C)cc1. The zero-order valence-corrected chi connectivity index (χ0v) is 13.4. The lowest BCUT2D eigenvalue weighted by molar-refractivity contribution is 0.199. The van der Waals surface area contributed by atoms with Crippen LogP contribution in [0.3, 0.4) is 0 Å². The van der Waals surface area contributed by atoms with Crippen LogP contribution in [0.4, 0.5) is 0 Å². The van der Waals surface area contributed by atoms with Gasteiger partial charge in [-0.15, -0.1) is 0 Å². The van der Waals surface area contributed by atoms with E-state index in [1.165, 1.54) is 11.1 Å². The first-order chi connectivity index (χ1) is 11.3. The molecule has 0 aliphatic rings. The first-order valence-corrected chi connectivity index (χ1v) is 7.65. The summed E-state index contributed by atoms with van der Waals surface area (Å²) in [7, 11) is 1.70. The van der Waals surface area contributed by atoms with Crippen molar-refractivity contribution in [2.45, 2.75) is 19.9 Å². The van der Waals surface area contributed by atoms with Crippen LogP contribution in [0, 0.1) is 6.92 Å². The van der Waals surface area contributed by atoms with Gasteiger partial charge in [0.25, 0.3) is 0 Å². The average molecular weight is 308 g/mol. The highest BCUT2D eigenvalue weighted by Gasteiger charge is 2.12. The van der Waals surface area contributed by atoms with E-state index < -0.39 is 0 Å². The van der Waals surface area contributed by atoms with Crippen LogP contribution in [-0.4, -0.2) is 33.5 Å². The van der Waals surface area contributed by atoms with Crippen LogP contribution in [-0.2, 0) is 17.7 Å². The van der Waals surface area contributed by atoms with Gasteiger partial charge in [-0.2, -0.15) is 5.10 Å². The van der Waals surface area contributed by atoms with E-state index in [1.54, 1.807) is 19.5 Å². The number of aryl methyl sites for hydroxylation is 1. The number of pyridine rings is 1. The molecule has 23 heavy (non-hydrogen) atoms. The molecule has 0 saturated carbocycles. The smallest absolute Gasteiger partial charge is 0.182 e. The molecule has 5 nitrogen and oxygen atoms in total. The Morgan fingerprint density at radius 3 is 2.65 bits per heavy atom. The third-order valence-corrected chi connectivity index (χ3v) is 3.65. The van der Waals surface area contributed by atoms with Crippen molar-refractivity contribution in [3.8, 4) is 11.4 Å². The normalized spacial score (nSPS) is 10.9. The largest absolute Gasteiger partial charge is 0.384 e. The molecule has 2 heterocycles. The van der Waals surface area contributed by atoms with Gasteiger partial charge < -0.3 is 4.74 Å². The van der Waals surface area contributed by atoms with Crippen molar-refractivity contribution < 1.29 is 4.74 Å². The highest BCUT2D eigenvalue weighted by Crippen LogP contribution is 2.16. The predicted octanol–water partition coefficient (Wildman–Crippen LogP) is 2.89. The monoisotopic (exact) mass is 308 g/mol. The fourth-order valence-corrected chi connectivity index (χ4v) is 2.36. The minimum atomic E-state index is 0.624. The van der Waals surface area contributed by atoms with Gasteiger partial charge in [0.2, 0.25) is 0 Å². The topological polar surface area (TPSA) is 52.8 Å². The Kier molecular flexibility index (Phi) is 4.78. The van der Waals surface area contributed by atoms with Crippen LogP contribution in [0.15, 0.2) is 48.8 Å². The maximum atomic E-state index is 5.19.